The van der Waals surface area contributed by atoms with Crippen LogP contribution in [0.15, 0.2) is 18.3 Å². The van der Waals surface area contributed by atoms with Gasteiger partial charge >= 0.3 is 6.09 Å². The fraction of sp³-hybridized carbons (Fsp3) is 0.500. The summed E-state index contributed by atoms with van der Waals surface area (Å²) in [6.07, 6.45) is 0.943. The first kappa shape index (κ1) is 12.5. The minimum absolute atomic E-state index is 0.531. The molecule has 1 saturated heterocycles. The lowest BCUT2D eigenvalue weighted by Gasteiger charge is -2.34. The Balaban J connectivity index is 2.05. The molecule has 1 fully saturated rings. The van der Waals surface area contributed by atoms with Gasteiger partial charge in [0.2, 0.25) is 0 Å². The van der Waals surface area contributed by atoms with Crippen LogP contribution in [0.25, 0.3) is 0 Å². The second-order valence-corrected chi connectivity index (χ2v) is 4.52. The van der Waals surface area contributed by atoms with Crippen molar-refractivity contribution in [2.45, 2.75) is 0 Å². The average Bonchev–Trinajstić information content (AvgIpc) is 2.39. The number of anilines is 2. The van der Waals surface area contributed by atoms with Crippen molar-refractivity contribution < 1.29 is 9.90 Å². The highest BCUT2D eigenvalue weighted by atomic mass is 16.4. The Bertz CT molecular complexity index is 428. The van der Waals surface area contributed by atoms with E-state index in [9.17, 15) is 4.79 Å². The van der Waals surface area contributed by atoms with Gasteiger partial charge in [0.1, 0.15) is 5.82 Å². The highest BCUT2D eigenvalue weighted by molar-refractivity contribution is 5.65. The Hall–Kier alpha value is -1.98. The van der Waals surface area contributed by atoms with Crippen LogP contribution in [-0.2, 0) is 0 Å². The SMILES string of the molecule is CN(C)c1ccnc(N2CCN(C(=O)O)CC2)c1. The molecule has 1 amide bonds. The highest BCUT2D eigenvalue weighted by Crippen LogP contribution is 2.19. The summed E-state index contributed by atoms with van der Waals surface area (Å²) in [5.74, 6) is 0.909. The lowest BCUT2D eigenvalue weighted by molar-refractivity contribution is 0.142. The molecule has 0 aliphatic carbocycles. The summed E-state index contributed by atoms with van der Waals surface area (Å²) in [5.41, 5.74) is 1.10. The quantitative estimate of drug-likeness (QED) is 0.846. The number of pyridine rings is 1. The van der Waals surface area contributed by atoms with Gasteiger partial charge < -0.3 is 19.8 Å². The van der Waals surface area contributed by atoms with E-state index in [2.05, 4.69) is 9.88 Å². The molecule has 6 nitrogen and oxygen atoms in total. The summed E-state index contributed by atoms with van der Waals surface area (Å²) in [6.45, 7) is 2.44. The fourth-order valence-corrected chi connectivity index (χ4v) is 1.99. The minimum Gasteiger partial charge on any atom is -0.465 e. The molecule has 6 heteroatoms. The first-order valence-corrected chi connectivity index (χ1v) is 5.94. The van der Waals surface area contributed by atoms with E-state index in [0.29, 0.717) is 26.2 Å². The average molecular weight is 250 g/mol. The number of hydrogen-bond acceptors (Lipinski definition) is 4. The maximum Gasteiger partial charge on any atom is 0.407 e. The zero-order valence-corrected chi connectivity index (χ0v) is 10.7. The van der Waals surface area contributed by atoms with Crippen LogP contribution in [0.3, 0.4) is 0 Å². The third-order valence-electron chi connectivity index (χ3n) is 3.12. The van der Waals surface area contributed by atoms with Crippen molar-refractivity contribution in [2.75, 3.05) is 50.1 Å². The van der Waals surface area contributed by atoms with Crippen molar-refractivity contribution in [3.8, 4) is 0 Å². The van der Waals surface area contributed by atoms with Crippen LogP contribution in [0.2, 0.25) is 0 Å². The summed E-state index contributed by atoms with van der Waals surface area (Å²) in [7, 11) is 3.98. The zero-order valence-electron chi connectivity index (χ0n) is 10.7. The van der Waals surface area contributed by atoms with Gasteiger partial charge in [-0.2, -0.15) is 0 Å². The predicted molar refractivity (Wildman–Crippen MR) is 70.4 cm³/mol. The Morgan fingerprint density at radius 1 is 1.33 bits per heavy atom. The summed E-state index contributed by atoms with van der Waals surface area (Å²) < 4.78 is 0. The van der Waals surface area contributed by atoms with Crippen molar-refractivity contribution in [1.29, 1.82) is 0 Å². The predicted octanol–water partition coefficient (Wildman–Crippen LogP) is 0.948. The number of carbonyl (C=O) groups is 1. The van der Waals surface area contributed by atoms with Crippen LogP contribution in [0.4, 0.5) is 16.3 Å². The van der Waals surface area contributed by atoms with Gasteiger partial charge in [0, 0.05) is 58.2 Å². The van der Waals surface area contributed by atoms with Gasteiger partial charge in [-0.25, -0.2) is 9.78 Å². The van der Waals surface area contributed by atoms with Gasteiger partial charge in [-0.05, 0) is 6.07 Å². The summed E-state index contributed by atoms with van der Waals surface area (Å²) in [6, 6.07) is 3.98. The minimum atomic E-state index is -0.843. The molecule has 0 unspecified atom stereocenters. The number of carboxylic acid groups (broad SMARTS) is 1. The molecule has 1 aliphatic rings. The molecule has 0 bridgehead atoms. The Labute approximate surface area is 106 Å². The van der Waals surface area contributed by atoms with Gasteiger partial charge in [0.25, 0.3) is 0 Å². The standard InChI is InChI=1S/C12H18N4O2/c1-14(2)10-3-4-13-11(9-10)15-5-7-16(8-6-15)12(17)18/h3-4,9H,5-8H2,1-2H3,(H,17,18). The van der Waals surface area contributed by atoms with Gasteiger partial charge in [-0.15, -0.1) is 0 Å². The number of nitrogens with zero attached hydrogens (tertiary/aromatic N) is 4. The Kier molecular flexibility index (Phi) is 3.55. The topological polar surface area (TPSA) is 59.9 Å². The molecule has 1 aliphatic heterocycles. The molecule has 1 aromatic rings. The number of aromatic nitrogens is 1. The van der Waals surface area contributed by atoms with E-state index in [1.54, 1.807) is 6.20 Å². The van der Waals surface area contributed by atoms with Crippen LogP contribution < -0.4 is 9.80 Å². The third kappa shape index (κ3) is 2.64. The van der Waals surface area contributed by atoms with E-state index < -0.39 is 6.09 Å². The summed E-state index contributed by atoms with van der Waals surface area (Å²) in [5, 5.41) is 8.90. The van der Waals surface area contributed by atoms with Gasteiger partial charge in [-0.1, -0.05) is 0 Å². The number of piperazine rings is 1. The smallest absolute Gasteiger partial charge is 0.407 e. The van der Waals surface area contributed by atoms with E-state index in [0.717, 1.165) is 11.5 Å². The lowest BCUT2D eigenvalue weighted by Crippen LogP contribution is -2.48. The van der Waals surface area contributed by atoms with Crippen LogP contribution >= 0.6 is 0 Å². The number of rotatable bonds is 2. The largest absolute Gasteiger partial charge is 0.465 e. The number of amides is 1. The molecule has 0 radical (unpaired) electrons. The molecule has 2 rings (SSSR count). The monoisotopic (exact) mass is 250 g/mol. The van der Waals surface area contributed by atoms with Crippen molar-refractivity contribution in [2.24, 2.45) is 0 Å². The summed E-state index contributed by atoms with van der Waals surface area (Å²) >= 11 is 0. The van der Waals surface area contributed by atoms with Gasteiger partial charge in [0.15, 0.2) is 0 Å². The normalized spacial score (nSPS) is 15.7. The van der Waals surface area contributed by atoms with E-state index in [1.807, 2.05) is 31.1 Å². The van der Waals surface area contributed by atoms with Gasteiger partial charge in [0.05, 0.1) is 0 Å². The fourth-order valence-electron chi connectivity index (χ4n) is 1.99. The van der Waals surface area contributed by atoms with Crippen molar-refractivity contribution in [3.63, 3.8) is 0 Å². The van der Waals surface area contributed by atoms with E-state index in [-0.39, 0.29) is 0 Å². The second kappa shape index (κ2) is 5.12. The van der Waals surface area contributed by atoms with Crippen molar-refractivity contribution in [3.05, 3.63) is 18.3 Å². The maximum absolute atomic E-state index is 10.8. The molecule has 98 valence electrons. The molecule has 2 heterocycles. The molecule has 0 spiro atoms. The lowest BCUT2D eigenvalue weighted by atomic mass is 10.3. The third-order valence-corrected chi connectivity index (χ3v) is 3.12. The molecule has 0 atom stereocenters. The molecule has 1 N–H and O–H groups in total. The van der Waals surface area contributed by atoms with Crippen LogP contribution in [-0.4, -0.2) is 61.4 Å². The van der Waals surface area contributed by atoms with E-state index >= 15 is 0 Å². The molecule has 18 heavy (non-hydrogen) atoms. The number of hydrogen-bond donors (Lipinski definition) is 1. The van der Waals surface area contributed by atoms with Crippen LogP contribution in [0, 0.1) is 0 Å². The van der Waals surface area contributed by atoms with Crippen molar-refractivity contribution in [1.82, 2.24) is 9.88 Å². The van der Waals surface area contributed by atoms with Crippen LogP contribution in [0.1, 0.15) is 0 Å². The highest BCUT2D eigenvalue weighted by Gasteiger charge is 2.21. The molecule has 0 saturated carbocycles. The summed E-state index contributed by atoms with van der Waals surface area (Å²) in [4.78, 5) is 20.8. The Morgan fingerprint density at radius 2 is 2.00 bits per heavy atom. The molecule has 1 aromatic heterocycles. The molecular weight excluding hydrogens is 232 g/mol. The zero-order chi connectivity index (χ0) is 13.1. The van der Waals surface area contributed by atoms with E-state index in [1.165, 1.54) is 4.90 Å². The first-order chi connectivity index (χ1) is 8.58. The molecule has 0 aromatic carbocycles. The van der Waals surface area contributed by atoms with Crippen LogP contribution in [0.5, 0.6) is 0 Å². The molecular formula is C12H18N4O2. The van der Waals surface area contributed by atoms with Crippen molar-refractivity contribution >= 4 is 17.6 Å². The second-order valence-electron chi connectivity index (χ2n) is 4.52. The van der Waals surface area contributed by atoms with Gasteiger partial charge in [-0.3, -0.25) is 0 Å². The first-order valence-electron chi connectivity index (χ1n) is 5.94. The Morgan fingerprint density at radius 3 is 2.56 bits per heavy atom. The van der Waals surface area contributed by atoms with E-state index in [4.69, 9.17) is 5.11 Å². The maximum atomic E-state index is 10.8.